The van der Waals surface area contributed by atoms with Crippen molar-refractivity contribution in [2.75, 3.05) is 5.73 Å². The van der Waals surface area contributed by atoms with Gasteiger partial charge in [0.25, 0.3) is 10.0 Å². The van der Waals surface area contributed by atoms with Crippen LogP contribution in [0.25, 0.3) is 16.9 Å². The van der Waals surface area contributed by atoms with Gasteiger partial charge in [-0.05, 0) is 18.2 Å². The molecule has 0 aromatic carbocycles. The summed E-state index contributed by atoms with van der Waals surface area (Å²) in [5.74, 6) is -0.666. The van der Waals surface area contributed by atoms with Gasteiger partial charge < -0.3 is 5.73 Å². The maximum atomic E-state index is 12.9. The molecular weight excluding hydrogens is 349 g/mol. The summed E-state index contributed by atoms with van der Waals surface area (Å²) in [7, 11) is -4.10. The first-order valence-electron chi connectivity index (χ1n) is 6.28. The van der Waals surface area contributed by atoms with Crippen LogP contribution in [-0.2, 0) is 16.2 Å². The average Bonchev–Trinajstić information content (AvgIpc) is 2.89. The number of halogens is 3. The minimum Gasteiger partial charge on any atom is -0.383 e. The molecule has 0 fully saturated rings. The topological polar surface area (TPSA) is 129 Å². The molecule has 0 amide bonds. The van der Waals surface area contributed by atoms with Gasteiger partial charge in [0.05, 0.1) is 17.5 Å². The van der Waals surface area contributed by atoms with Crippen LogP contribution in [0.2, 0.25) is 0 Å². The van der Waals surface area contributed by atoms with Gasteiger partial charge >= 0.3 is 6.18 Å². The number of nitrogen functional groups attached to an aromatic ring is 1. The summed E-state index contributed by atoms with van der Waals surface area (Å²) in [6.07, 6.45) is -2.58. The highest BCUT2D eigenvalue weighted by molar-refractivity contribution is 7.89. The second-order valence-electron chi connectivity index (χ2n) is 4.78. The van der Waals surface area contributed by atoms with Crippen LogP contribution in [0.3, 0.4) is 0 Å². The van der Waals surface area contributed by atoms with E-state index in [1.165, 1.54) is 12.1 Å². The minimum atomic E-state index is -4.68. The summed E-state index contributed by atoms with van der Waals surface area (Å²) < 4.78 is 62.6. The minimum absolute atomic E-state index is 0.00694. The van der Waals surface area contributed by atoms with E-state index in [2.05, 4.69) is 15.1 Å². The fraction of sp³-hybridized carbons (Fsp3) is 0.0833. The lowest BCUT2D eigenvalue weighted by Crippen LogP contribution is -2.15. The van der Waals surface area contributed by atoms with Crippen molar-refractivity contribution in [3.05, 3.63) is 36.2 Å². The number of nitrogens with zero attached hydrogens (tertiary/aromatic N) is 4. The van der Waals surface area contributed by atoms with E-state index in [0.717, 1.165) is 23.0 Å². The van der Waals surface area contributed by atoms with Crippen LogP contribution in [0.15, 0.2) is 35.6 Å². The lowest BCUT2D eigenvalue weighted by molar-refractivity contribution is -0.137. The summed E-state index contributed by atoms with van der Waals surface area (Å²) >= 11 is 0. The Labute approximate surface area is 133 Å². The second kappa shape index (κ2) is 5.14. The number of nitrogens with two attached hydrogens (primary N) is 2. The number of aromatic nitrogens is 4. The zero-order valence-electron chi connectivity index (χ0n) is 11.7. The average molecular weight is 358 g/mol. The Bertz CT molecular complexity index is 1040. The molecule has 126 valence electrons. The molecule has 3 aromatic rings. The van der Waals surface area contributed by atoms with Crippen LogP contribution in [-0.4, -0.2) is 28.0 Å². The van der Waals surface area contributed by atoms with E-state index in [4.69, 9.17) is 10.9 Å². The maximum absolute atomic E-state index is 12.9. The summed E-state index contributed by atoms with van der Waals surface area (Å²) in [6, 6.07) is 3.55. The first-order valence-corrected chi connectivity index (χ1v) is 7.82. The van der Waals surface area contributed by atoms with Gasteiger partial charge in [-0.1, -0.05) is 0 Å². The number of fused-ring (bicyclic) bond motifs is 1. The smallest absolute Gasteiger partial charge is 0.383 e. The molecular formula is C12H9F3N6O2S. The largest absolute Gasteiger partial charge is 0.419 e. The van der Waals surface area contributed by atoms with E-state index in [-0.39, 0.29) is 16.9 Å². The van der Waals surface area contributed by atoms with Crippen molar-refractivity contribution in [2.45, 2.75) is 11.2 Å². The number of primary sulfonamides is 1. The molecule has 0 aliphatic heterocycles. The van der Waals surface area contributed by atoms with Crippen LogP contribution >= 0.6 is 0 Å². The fourth-order valence-electron chi connectivity index (χ4n) is 2.04. The molecule has 3 heterocycles. The number of imidazole rings is 1. The van der Waals surface area contributed by atoms with E-state index in [9.17, 15) is 21.6 Å². The Morgan fingerprint density at radius 3 is 2.46 bits per heavy atom. The van der Waals surface area contributed by atoms with Crippen molar-refractivity contribution in [3.8, 4) is 11.3 Å². The number of hydrogen-bond acceptors (Lipinski definition) is 6. The van der Waals surface area contributed by atoms with Crippen LogP contribution in [0.4, 0.5) is 19.0 Å². The van der Waals surface area contributed by atoms with E-state index in [0.29, 0.717) is 0 Å². The lowest BCUT2D eigenvalue weighted by atomic mass is 10.1. The van der Waals surface area contributed by atoms with Crippen LogP contribution in [0.5, 0.6) is 0 Å². The number of alkyl halides is 3. The third-order valence-electron chi connectivity index (χ3n) is 3.14. The van der Waals surface area contributed by atoms with Gasteiger partial charge in [-0.3, -0.25) is 0 Å². The second-order valence-corrected chi connectivity index (χ2v) is 6.29. The van der Waals surface area contributed by atoms with Gasteiger partial charge in [-0.2, -0.15) is 18.3 Å². The van der Waals surface area contributed by atoms with Crippen molar-refractivity contribution in [3.63, 3.8) is 0 Å². The molecule has 4 N–H and O–H groups in total. The Balaban J connectivity index is 2.20. The Kier molecular flexibility index (Phi) is 3.46. The lowest BCUT2D eigenvalue weighted by Gasteiger charge is -2.10. The summed E-state index contributed by atoms with van der Waals surface area (Å²) in [5.41, 5.74) is 4.35. The third kappa shape index (κ3) is 2.76. The predicted molar refractivity (Wildman–Crippen MR) is 77.0 cm³/mol. The van der Waals surface area contributed by atoms with Gasteiger partial charge in [-0.15, -0.1) is 0 Å². The molecule has 24 heavy (non-hydrogen) atoms. The highest BCUT2D eigenvalue weighted by Gasteiger charge is 2.34. The number of rotatable bonds is 2. The molecule has 12 heteroatoms. The molecule has 0 saturated heterocycles. The van der Waals surface area contributed by atoms with Crippen molar-refractivity contribution in [1.29, 1.82) is 0 Å². The summed E-state index contributed by atoms with van der Waals surface area (Å²) in [5, 5.41) is 8.63. The molecule has 0 spiro atoms. The molecule has 0 radical (unpaired) electrons. The number of hydrogen-bond donors (Lipinski definition) is 2. The standard InChI is InChI=1S/C12H9F3N6O2S/c13-12(14,15)7-3-6(4-19-11(7)16)8-1-2-9-18-5-10(21(9)20-8)24(17,22)23/h1-5H,(H2,16,19)(H2,17,22,23). The Hall–Kier alpha value is -2.73. The molecule has 0 aliphatic carbocycles. The van der Waals surface area contributed by atoms with Gasteiger partial charge in [0.2, 0.25) is 0 Å². The quantitative estimate of drug-likeness (QED) is 0.704. The van der Waals surface area contributed by atoms with Crippen LogP contribution < -0.4 is 10.9 Å². The molecule has 0 atom stereocenters. The van der Waals surface area contributed by atoms with Gasteiger partial charge in [0, 0.05) is 11.8 Å². The van der Waals surface area contributed by atoms with Crippen LogP contribution in [0.1, 0.15) is 5.56 Å². The Morgan fingerprint density at radius 1 is 1.12 bits per heavy atom. The van der Waals surface area contributed by atoms with E-state index in [1.807, 2.05) is 0 Å². The molecule has 0 saturated carbocycles. The fourth-order valence-corrected chi connectivity index (χ4v) is 2.62. The SMILES string of the molecule is Nc1ncc(-c2ccc3ncc(S(N)(=O)=O)n3n2)cc1C(F)(F)F. The molecule has 3 rings (SSSR count). The third-order valence-corrected chi connectivity index (χ3v) is 4.00. The predicted octanol–water partition coefficient (Wildman–Crippen LogP) is 1.04. The highest BCUT2D eigenvalue weighted by atomic mass is 32.2. The van der Waals surface area contributed by atoms with Gasteiger partial charge in [-0.25, -0.2) is 28.0 Å². The molecule has 3 aromatic heterocycles. The number of pyridine rings is 1. The molecule has 8 nitrogen and oxygen atoms in total. The molecule has 0 bridgehead atoms. The number of sulfonamides is 1. The summed E-state index contributed by atoms with van der Waals surface area (Å²) in [6.45, 7) is 0. The van der Waals surface area contributed by atoms with Crippen LogP contribution in [0, 0.1) is 0 Å². The first-order chi connectivity index (χ1) is 11.1. The van der Waals surface area contributed by atoms with E-state index < -0.39 is 32.6 Å². The zero-order chi connectivity index (χ0) is 17.7. The summed E-state index contributed by atoms with van der Waals surface area (Å²) in [4.78, 5) is 7.33. The van der Waals surface area contributed by atoms with Gasteiger partial charge in [0.1, 0.15) is 5.82 Å². The van der Waals surface area contributed by atoms with Gasteiger partial charge in [0.15, 0.2) is 10.7 Å². The molecule has 0 unspecified atom stereocenters. The van der Waals surface area contributed by atoms with Crippen molar-refractivity contribution in [1.82, 2.24) is 19.6 Å². The number of anilines is 1. The monoisotopic (exact) mass is 358 g/mol. The first kappa shape index (κ1) is 16.1. The molecule has 0 aliphatic rings. The van der Waals surface area contributed by atoms with Crippen molar-refractivity contribution in [2.24, 2.45) is 5.14 Å². The van der Waals surface area contributed by atoms with E-state index >= 15 is 0 Å². The Morgan fingerprint density at radius 2 is 1.83 bits per heavy atom. The van der Waals surface area contributed by atoms with Crippen molar-refractivity contribution < 1.29 is 21.6 Å². The zero-order valence-corrected chi connectivity index (χ0v) is 12.5. The van der Waals surface area contributed by atoms with Crippen molar-refractivity contribution >= 4 is 21.5 Å². The highest BCUT2D eigenvalue weighted by Crippen LogP contribution is 2.34. The normalized spacial score (nSPS) is 12.7. The maximum Gasteiger partial charge on any atom is 0.419 e. The van der Waals surface area contributed by atoms with E-state index in [1.54, 1.807) is 0 Å².